The SMILES string of the molecule is CCOC(=O)/C=C/C[C@@H](NC(=O)c1c2ccccc2cc2ccccc12)C(=O)O. The summed E-state index contributed by atoms with van der Waals surface area (Å²) in [6.45, 7) is 1.91. The Bertz CT molecular complexity index is 1050. The second kappa shape index (κ2) is 9.01. The van der Waals surface area contributed by atoms with Crippen LogP contribution in [0.25, 0.3) is 21.5 Å². The number of carboxylic acid groups (broad SMARTS) is 1. The van der Waals surface area contributed by atoms with E-state index in [9.17, 15) is 19.5 Å². The Morgan fingerprint density at radius 3 is 2.17 bits per heavy atom. The Balaban J connectivity index is 1.93. The van der Waals surface area contributed by atoms with Crippen LogP contribution in [0.5, 0.6) is 0 Å². The van der Waals surface area contributed by atoms with E-state index in [1.165, 1.54) is 12.2 Å². The van der Waals surface area contributed by atoms with E-state index in [1.807, 2.05) is 54.6 Å². The second-order valence-corrected chi connectivity index (χ2v) is 6.45. The molecule has 6 nitrogen and oxygen atoms in total. The number of hydrogen-bond donors (Lipinski definition) is 2. The maximum absolute atomic E-state index is 13.1. The highest BCUT2D eigenvalue weighted by Crippen LogP contribution is 2.28. The third-order valence-electron chi connectivity index (χ3n) is 4.51. The Morgan fingerprint density at radius 2 is 1.62 bits per heavy atom. The van der Waals surface area contributed by atoms with Crippen molar-refractivity contribution in [3.63, 3.8) is 0 Å². The molecule has 0 aliphatic carbocycles. The van der Waals surface area contributed by atoms with Gasteiger partial charge in [0.1, 0.15) is 6.04 Å². The van der Waals surface area contributed by atoms with Crippen molar-refractivity contribution in [1.82, 2.24) is 5.32 Å². The quantitative estimate of drug-likeness (QED) is 0.364. The predicted octanol–water partition coefficient (Wildman–Crippen LogP) is 3.69. The summed E-state index contributed by atoms with van der Waals surface area (Å²) < 4.78 is 4.77. The molecular formula is C23H21NO5. The van der Waals surface area contributed by atoms with E-state index in [0.29, 0.717) is 5.56 Å². The summed E-state index contributed by atoms with van der Waals surface area (Å²) in [4.78, 5) is 36.1. The van der Waals surface area contributed by atoms with E-state index >= 15 is 0 Å². The Labute approximate surface area is 167 Å². The van der Waals surface area contributed by atoms with Crippen molar-refractivity contribution >= 4 is 39.4 Å². The van der Waals surface area contributed by atoms with Crippen LogP contribution in [0.3, 0.4) is 0 Å². The number of fused-ring (bicyclic) bond motifs is 2. The number of hydrogen-bond acceptors (Lipinski definition) is 4. The Hall–Kier alpha value is -3.67. The van der Waals surface area contributed by atoms with Gasteiger partial charge in [-0.1, -0.05) is 54.6 Å². The molecule has 0 aliphatic heterocycles. The average molecular weight is 391 g/mol. The van der Waals surface area contributed by atoms with Crippen molar-refractivity contribution in [3.05, 3.63) is 72.3 Å². The molecule has 0 spiro atoms. The molecule has 2 N–H and O–H groups in total. The second-order valence-electron chi connectivity index (χ2n) is 6.45. The van der Waals surface area contributed by atoms with Crippen molar-refractivity contribution in [1.29, 1.82) is 0 Å². The zero-order valence-electron chi connectivity index (χ0n) is 15.9. The van der Waals surface area contributed by atoms with Gasteiger partial charge in [0.05, 0.1) is 12.2 Å². The third-order valence-corrected chi connectivity index (χ3v) is 4.51. The van der Waals surface area contributed by atoms with Crippen molar-refractivity contribution < 1.29 is 24.2 Å². The fourth-order valence-electron chi connectivity index (χ4n) is 3.20. The molecule has 0 fully saturated rings. The molecule has 0 saturated carbocycles. The first kappa shape index (κ1) is 20.1. The minimum absolute atomic E-state index is 0.0391. The first-order valence-electron chi connectivity index (χ1n) is 9.28. The van der Waals surface area contributed by atoms with Gasteiger partial charge in [0.2, 0.25) is 0 Å². The largest absolute Gasteiger partial charge is 0.480 e. The van der Waals surface area contributed by atoms with Crippen LogP contribution in [0.4, 0.5) is 0 Å². The lowest BCUT2D eigenvalue weighted by Gasteiger charge is -2.16. The van der Waals surface area contributed by atoms with Crippen LogP contribution in [-0.4, -0.2) is 35.6 Å². The molecule has 6 heteroatoms. The average Bonchev–Trinajstić information content (AvgIpc) is 2.71. The number of carbonyl (C=O) groups excluding carboxylic acids is 2. The smallest absolute Gasteiger partial charge is 0.330 e. The summed E-state index contributed by atoms with van der Waals surface area (Å²) in [6, 6.07) is 15.8. The molecule has 0 heterocycles. The van der Waals surface area contributed by atoms with Crippen LogP contribution in [0, 0.1) is 0 Å². The zero-order chi connectivity index (χ0) is 20.8. The molecule has 1 amide bonds. The summed E-state index contributed by atoms with van der Waals surface area (Å²) in [5.41, 5.74) is 0.430. The van der Waals surface area contributed by atoms with Crippen LogP contribution < -0.4 is 5.32 Å². The fraction of sp³-hybridized carbons (Fsp3) is 0.174. The summed E-state index contributed by atoms with van der Waals surface area (Å²) in [5, 5.41) is 15.4. The van der Waals surface area contributed by atoms with Gasteiger partial charge in [0, 0.05) is 6.08 Å². The van der Waals surface area contributed by atoms with E-state index in [2.05, 4.69) is 5.32 Å². The van der Waals surface area contributed by atoms with Crippen molar-refractivity contribution in [2.45, 2.75) is 19.4 Å². The summed E-state index contributed by atoms with van der Waals surface area (Å²) in [7, 11) is 0. The molecule has 0 unspecified atom stereocenters. The molecule has 3 aromatic rings. The number of esters is 1. The van der Waals surface area contributed by atoms with Crippen LogP contribution in [0.15, 0.2) is 66.7 Å². The number of rotatable bonds is 7. The third kappa shape index (κ3) is 4.60. The Morgan fingerprint density at radius 1 is 1.03 bits per heavy atom. The fourth-order valence-corrected chi connectivity index (χ4v) is 3.20. The number of carboxylic acids is 1. The monoisotopic (exact) mass is 391 g/mol. The van der Waals surface area contributed by atoms with Crippen molar-refractivity contribution in [2.24, 2.45) is 0 Å². The van der Waals surface area contributed by atoms with Gasteiger partial charge in [-0.2, -0.15) is 0 Å². The van der Waals surface area contributed by atoms with E-state index in [4.69, 9.17) is 4.74 Å². The summed E-state index contributed by atoms with van der Waals surface area (Å²) in [5.74, 6) is -2.21. The van der Waals surface area contributed by atoms with Crippen molar-refractivity contribution in [3.8, 4) is 0 Å². The molecule has 0 bridgehead atoms. The van der Waals surface area contributed by atoms with Crippen LogP contribution in [-0.2, 0) is 14.3 Å². The van der Waals surface area contributed by atoms with Gasteiger partial charge in [0.15, 0.2) is 0 Å². The van der Waals surface area contributed by atoms with Gasteiger partial charge in [-0.3, -0.25) is 4.79 Å². The molecular weight excluding hydrogens is 370 g/mol. The van der Waals surface area contributed by atoms with Gasteiger partial charge in [-0.25, -0.2) is 9.59 Å². The number of benzene rings is 3. The molecule has 0 saturated heterocycles. The summed E-state index contributed by atoms with van der Waals surface area (Å²) in [6.07, 6.45) is 2.51. The molecule has 0 radical (unpaired) electrons. The minimum atomic E-state index is -1.18. The standard InChI is InChI=1S/C23H21NO5/c1-2-29-20(25)13-7-12-19(23(27)28)24-22(26)21-17-10-5-3-8-15(17)14-16-9-4-6-11-18(16)21/h3-11,13-14,19H,2,12H2,1H3,(H,24,26)(H,27,28)/b13-7+/t19-/m1/s1. The van der Waals surface area contributed by atoms with E-state index in [0.717, 1.165) is 21.5 Å². The van der Waals surface area contributed by atoms with E-state index < -0.39 is 23.9 Å². The first-order valence-corrected chi connectivity index (χ1v) is 9.28. The predicted molar refractivity (Wildman–Crippen MR) is 111 cm³/mol. The molecule has 0 aliphatic rings. The van der Waals surface area contributed by atoms with Crippen LogP contribution in [0.2, 0.25) is 0 Å². The van der Waals surface area contributed by atoms with Crippen LogP contribution in [0.1, 0.15) is 23.7 Å². The van der Waals surface area contributed by atoms with Gasteiger partial charge < -0.3 is 15.2 Å². The topological polar surface area (TPSA) is 92.7 Å². The maximum atomic E-state index is 13.1. The lowest BCUT2D eigenvalue weighted by molar-refractivity contribution is -0.139. The number of nitrogens with one attached hydrogen (secondary N) is 1. The number of amides is 1. The van der Waals surface area contributed by atoms with E-state index in [1.54, 1.807) is 6.92 Å². The zero-order valence-corrected chi connectivity index (χ0v) is 15.9. The lowest BCUT2D eigenvalue weighted by atomic mass is 9.96. The highest BCUT2D eigenvalue weighted by Gasteiger charge is 2.22. The molecule has 29 heavy (non-hydrogen) atoms. The minimum Gasteiger partial charge on any atom is -0.480 e. The molecule has 3 rings (SSSR count). The van der Waals surface area contributed by atoms with E-state index in [-0.39, 0.29) is 13.0 Å². The molecule has 1 atom stereocenters. The number of aliphatic carboxylic acids is 1. The van der Waals surface area contributed by atoms with Gasteiger partial charge >= 0.3 is 11.9 Å². The van der Waals surface area contributed by atoms with Crippen LogP contribution >= 0.6 is 0 Å². The summed E-state index contributed by atoms with van der Waals surface area (Å²) >= 11 is 0. The Kier molecular flexibility index (Phi) is 6.24. The molecule has 3 aromatic carbocycles. The lowest BCUT2D eigenvalue weighted by Crippen LogP contribution is -2.40. The molecule has 148 valence electrons. The molecule has 0 aromatic heterocycles. The highest BCUT2D eigenvalue weighted by atomic mass is 16.5. The van der Waals surface area contributed by atoms with Gasteiger partial charge in [-0.05, 0) is 41.0 Å². The van der Waals surface area contributed by atoms with Gasteiger partial charge in [-0.15, -0.1) is 0 Å². The van der Waals surface area contributed by atoms with Crippen molar-refractivity contribution in [2.75, 3.05) is 6.61 Å². The maximum Gasteiger partial charge on any atom is 0.330 e. The first-order chi connectivity index (χ1) is 14.0. The van der Waals surface area contributed by atoms with Gasteiger partial charge in [0.25, 0.3) is 5.91 Å². The normalized spacial score (nSPS) is 12.2. The highest BCUT2D eigenvalue weighted by molar-refractivity contribution is 6.18. The number of ether oxygens (including phenoxy) is 1. The number of carbonyl (C=O) groups is 3.